The number of rotatable bonds is 7. The number of aryl methyl sites for hydroxylation is 3. The van der Waals surface area contributed by atoms with Crippen molar-refractivity contribution < 1.29 is 19.1 Å². The standard InChI is InChI=1S/C18H23NO4/c1-12-6-4-5-7-17(12)22-11-18(21)19-9-8-16(20)15-10-13(2)23-14(15)3/h4-7,10,16,20H,8-9,11H2,1-3H3,(H,19,21)/t16-/m0/s1. The molecule has 124 valence electrons. The van der Waals surface area contributed by atoms with Crippen LogP contribution < -0.4 is 10.1 Å². The number of carbonyl (C=O) groups excluding carboxylic acids is 1. The van der Waals surface area contributed by atoms with Crippen molar-refractivity contribution in [3.05, 3.63) is 53.0 Å². The smallest absolute Gasteiger partial charge is 0.257 e. The molecular weight excluding hydrogens is 294 g/mol. The van der Waals surface area contributed by atoms with Crippen molar-refractivity contribution in [3.63, 3.8) is 0 Å². The Morgan fingerprint density at radius 3 is 2.70 bits per heavy atom. The zero-order chi connectivity index (χ0) is 16.8. The van der Waals surface area contributed by atoms with Crippen LogP contribution in [-0.2, 0) is 4.79 Å². The van der Waals surface area contributed by atoms with Gasteiger partial charge in [0.1, 0.15) is 17.3 Å². The number of aliphatic hydroxyl groups excluding tert-OH is 1. The fraction of sp³-hybridized carbons (Fsp3) is 0.389. The van der Waals surface area contributed by atoms with Crippen LogP contribution in [0.3, 0.4) is 0 Å². The summed E-state index contributed by atoms with van der Waals surface area (Å²) in [5.41, 5.74) is 1.76. The van der Waals surface area contributed by atoms with E-state index in [1.807, 2.05) is 51.1 Å². The Hall–Kier alpha value is -2.27. The Labute approximate surface area is 136 Å². The number of para-hydroxylation sites is 1. The van der Waals surface area contributed by atoms with Gasteiger partial charge in [-0.25, -0.2) is 0 Å². The third kappa shape index (κ3) is 4.86. The van der Waals surface area contributed by atoms with Crippen molar-refractivity contribution in [1.82, 2.24) is 5.32 Å². The van der Waals surface area contributed by atoms with Crippen LogP contribution in [0.2, 0.25) is 0 Å². The molecule has 0 aliphatic carbocycles. The molecule has 1 heterocycles. The summed E-state index contributed by atoms with van der Waals surface area (Å²) in [6.45, 7) is 5.93. The molecule has 1 atom stereocenters. The zero-order valence-corrected chi connectivity index (χ0v) is 13.8. The highest BCUT2D eigenvalue weighted by atomic mass is 16.5. The third-order valence-electron chi connectivity index (χ3n) is 3.63. The van der Waals surface area contributed by atoms with Crippen LogP contribution in [0.4, 0.5) is 0 Å². The number of hydrogen-bond acceptors (Lipinski definition) is 4. The number of carbonyl (C=O) groups is 1. The van der Waals surface area contributed by atoms with E-state index in [2.05, 4.69) is 5.32 Å². The highest BCUT2D eigenvalue weighted by Crippen LogP contribution is 2.23. The lowest BCUT2D eigenvalue weighted by Crippen LogP contribution is -2.30. The van der Waals surface area contributed by atoms with Crippen molar-refractivity contribution in [2.45, 2.75) is 33.3 Å². The quantitative estimate of drug-likeness (QED) is 0.824. The molecule has 0 radical (unpaired) electrons. The van der Waals surface area contributed by atoms with Gasteiger partial charge in [-0.1, -0.05) is 18.2 Å². The SMILES string of the molecule is Cc1cc([C@@H](O)CCNC(=O)COc2ccccc2C)c(C)o1. The average Bonchev–Trinajstić information content (AvgIpc) is 2.85. The molecule has 23 heavy (non-hydrogen) atoms. The third-order valence-corrected chi connectivity index (χ3v) is 3.63. The predicted molar refractivity (Wildman–Crippen MR) is 87.4 cm³/mol. The van der Waals surface area contributed by atoms with Gasteiger partial charge in [-0.05, 0) is 44.9 Å². The van der Waals surface area contributed by atoms with Gasteiger partial charge in [0.05, 0.1) is 6.10 Å². The second kappa shape index (κ2) is 7.83. The van der Waals surface area contributed by atoms with Gasteiger partial charge in [-0.3, -0.25) is 4.79 Å². The number of nitrogens with one attached hydrogen (secondary N) is 1. The van der Waals surface area contributed by atoms with Crippen molar-refractivity contribution in [2.24, 2.45) is 0 Å². The molecule has 1 aromatic heterocycles. The summed E-state index contributed by atoms with van der Waals surface area (Å²) in [6, 6.07) is 9.37. The average molecular weight is 317 g/mol. The fourth-order valence-corrected chi connectivity index (χ4v) is 2.40. The first-order valence-electron chi connectivity index (χ1n) is 7.67. The van der Waals surface area contributed by atoms with E-state index < -0.39 is 6.10 Å². The Morgan fingerprint density at radius 1 is 1.30 bits per heavy atom. The van der Waals surface area contributed by atoms with Gasteiger partial charge < -0.3 is 19.6 Å². The van der Waals surface area contributed by atoms with Crippen LogP contribution in [0, 0.1) is 20.8 Å². The summed E-state index contributed by atoms with van der Waals surface area (Å²) in [5.74, 6) is 1.98. The van der Waals surface area contributed by atoms with Crippen LogP contribution >= 0.6 is 0 Å². The van der Waals surface area contributed by atoms with Gasteiger partial charge in [0.15, 0.2) is 6.61 Å². The number of amides is 1. The van der Waals surface area contributed by atoms with Gasteiger partial charge >= 0.3 is 0 Å². The molecular formula is C18H23NO4. The monoisotopic (exact) mass is 317 g/mol. The van der Waals surface area contributed by atoms with Crippen LogP contribution in [0.5, 0.6) is 5.75 Å². The van der Waals surface area contributed by atoms with Gasteiger partial charge in [-0.15, -0.1) is 0 Å². The van der Waals surface area contributed by atoms with Crippen molar-refractivity contribution in [1.29, 1.82) is 0 Å². The Balaban J connectivity index is 1.72. The Kier molecular flexibility index (Phi) is 5.82. The van der Waals surface area contributed by atoms with Crippen LogP contribution in [0.15, 0.2) is 34.7 Å². The van der Waals surface area contributed by atoms with Crippen LogP contribution in [-0.4, -0.2) is 24.2 Å². The summed E-state index contributed by atoms with van der Waals surface area (Å²) in [6.07, 6.45) is -0.222. The van der Waals surface area contributed by atoms with E-state index in [1.54, 1.807) is 0 Å². The molecule has 0 saturated carbocycles. The molecule has 2 rings (SSSR count). The largest absolute Gasteiger partial charge is 0.484 e. The predicted octanol–water partition coefficient (Wildman–Crippen LogP) is 2.82. The maximum atomic E-state index is 11.8. The molecule has 0 unspecified atom stereocenters. The topological polar surface area (TPSA) is 71.7 Å². The highest BCUT2D eigenvalue weighted by molar-refractivity contribution is 5.77. The van der Waals surface area contributed by atoms with E-state index in [1.165, 1.54) is 0 Å². The van der Waals surface area contributed by atoms with Gasteiger partial charge in [0.25, 0.3) is 5.91 Å². The van der Waals surface area contributed by atoms with Crippen molar-refractivity contribution in [2.75, 3.05) is 13.2 Å². The minimum atomic E-state index is -0.648. The first-order valence-corrected chi connectivity index (χ1v) is 7.67. The maximum absolute atomic E-state index is 11.8. The number of ether oxygens (including phenoxy) is 1. The lowest BCUT2D eigenvalue weighted by atomic mass is 10.1. The Morgan fingerprint density at radius 2 is 2.04 bits per heavy atom. The molecule has 2 aromatic rings. The molecule has 0 bridgehead atoms. The summed E-state index contributed by atoms with van der Waals surface area (Å²) in [5, 5.41) is 12.9. The summed E-state index contributed by atoms with van der Waals surface area (Å²) in [7, 11) is 0. The summed E-state index contributed by atoms with van der Waals surface area (Å²) < 4.78 is 10.9. The van der Waals surface area contributed by atoms with Crippen molar-refractivity contribution >= 4 is 5.91 Å². The first kappa shape index (κ1) is 17.1. The molecule has 0 aliphatic rings. The van der Waals surface area contributed by atoms with E-state index in [9.17, 15) is 9.90 Å². The maximum Gasteiger partial charge on any atom is 0.257 e. The first-order chi connectivity index (χ1) is 11.0. The number of furan rings is 1. The van der Waals surface area contributed by atoms with Gasteiger partial charge in [-0.2, -0.15) is 0 Å². The van der Waals surface area contributed by atoms with Gasteiger partial charge in [0, 0.05) is 12.1 Å². The van der Waals surface area contributed by atoms with E-state index in [-0.39, 0.29) is 12.5 Å². The lowest BCUT2D eigenvalue weighted by molar-refractivity contribution is -0.123. The molecule has 1 amide bonds. The summed E-state index contributed by atoms with van der Waals surface area (Å²) in [4.78, 5) is 11.8. The Bertz CT molecular complexity index is 663. The minimum absolute atomic E-state index is 0.0369. The van der Waals surface area contributed by atoms with E-state index in [0.29, 0.717) is 24.5 Å². The normalized spacial score (nSPS) is 12.0. The van der Waals surface area contributed by atoms with E-state index >= 15 is 0 Å². The molecule has 0 saturated heterocycles. The summed E-state index contributed by atoms with van der Waals surface area (Å²) >= 11 is 0. The number of aliphatic hydroxyl groups is 1. The number of benzene rings is 1. The minimum Gasteiger partial charge on any atom is -0.484 e. The second-order valence-corrected chi connectivity index (χ2v) is 5.58. The molecule has 0 spiro atoms. The molecule has 5 nitrogen and oxygen atoms in total. The number of hydrogen-bond donors (Lipinski definition) is 2. The molecule has 1 aromatic carbocycles. The van der Waals surface area contributed by atoms with Crippen LogP contribution in [0.25, 0.3) is 0 Å². The van der Waals surface area contributed by atoms with E-state index in [4.69, 9.17) is 9.15 Å². The molecule has 0 aliphatic heterocycles. The fourth-order valence-electron chi connectivity index (χ4n) is 2.40. The second-order valence-electron chi connectivity index (χ2n) is 5.58. The lowest BCUT2D eigenvalue weighted by Gasteiger charge is -2.12. The highest BCUT2D eigenvalue weighted by Gasteiger charge is 2.14. The van der Waals surface area contributed by atoms with Gasteiger partial charge in [0.2, 0.25) is 0 Å². The molecule has 0 fully saturated rings. The van der Waals surface area contributed by atoms with Crippen LogP contribution in [0.1, 0.15) is 35.2 Å². The molecule has 2 N–H and O–H groups in total. The van der Waals surface area contributed by atoms with Crippen molar-refractivity contribution in [3.8, 4) is 5.75 Å². The molecule has 5 heteroatoms. The zero-order valence-electron chi connectivity index (χ0n) is 13.8. The van der Waals surface area contributed by atoms with E-state index in [0.717, 1.165) is 16.9 Å².